The van der Waals surface area contributed by atoms with E-state index in [0.29, 0.717) is 23.4 Å². The second-order valence-electron chi connectivity index (χ2n) is 10.3. The van der Waals surface area contributed by atoms with Crippen LogP contribution >= 0.6 is 0 Å². The van der Waals surface area contributed by atoms with Crippen molar-refractivity contribution in [2.75, 3.05) is 20.8 Å². The number of aromatic amines is 1. The van der Waals surface area contributed by atoms with E-state index in [9.17, 15) is 13.2 Å². The fraction of sp³-hybridized carbons (Fsp3) is 0.182. The number of hydrogen-bond donors (Lipinski definition) is 2. The maximum absolute atomic E-state index is 13.1. The highest BCUT2D eigenvalue weighted by molar-refractivity contribution is 7.90. The molecule has 9 heteroatoms. The van der Waals surface area contributed by atoms with Crippen molar-refractivity contribution >= 4 is 26.8 Å². The molecule has 42 heavy (non-hydrogen) atoms. The fourth-order valence-electron chi connectivity index (χ4n) is 5.70. The normalized spacial score (nSPS) is 15.2. The molecule has 0 aliphatic carbocycles. The summed E-state index contributed by atoms with van der Waals surface area (Å²) in [5, 5.41) is 0.660. The Bertz CT molecular complexity index is 1850. The molecule has 4 aromatic carbocycles. The number of H-pyrrole nitrogens is 1. The van der Waals surface area contributed by atoms with Crippen LogP contribution in [0.4, 0.5) is 0 Å². The summed E-state index contributed by atoms with van der Waals surface area (Å²) in [5.41, 5.74) is 5.52. The van der Waals surface area contributed by atoms with Crippen molar-refractivity contribution in [3.63, 3.8) is 0 Å². The molecule has 0 spiro atoms. The van der Waals surface area contributed by atoms with E-state index in [1.165, 1.54) is 11.8 Å². The third-order valence-corrected chi connectivity index (χ3v) is 9.12. The zero-order chi connectivity index (χ0) is 29.3. The van der Waals surface area contributed by atoms with Gasteiger partial charge in [0.05, 0.1) is 30.7 Å². The van der Waals surface area contributed by atoms with Crippen molar-refractivity contribution < 1.29 is 22.7 Å². The van der Waals surface area contributed by atoms with Crippen LogP contribution in [0.3, 0.4) is 0 Å². The van der Waals surface area contributed by atoms with Gasteiger partial charge in [-0.1, -0.05) is 60.7 Å². The van der Waals surface area contributed by atoms with Gasteiger partial charge in [0, 0.05) is 30.2 Å². The van der Waals surface area contributed by atoms with Crippen molar-refractivity contribution in [2.24, 2.45) is 0 Å². The highest BCUT2D eigenvalue weighted by Crippen LogP contribution is 2.41. The Hall–Kier alpha value is -4.60. The molecule has 1 aliphatic rings. The number of rotatable bonds is 8. The Labute approximate surface area is 245 Å². The van der Waals surface area contributed by atoms with Gasteiger partial charge in [-0.2, -0.15) is 0 Å². The van der Waals surface area contributed by atoms with Gasteiger partial charge in [-0.3, -0.25) is 9.69 Å². The number of hydrogen-bond acceptors (Lipinski definition) is 6. The zero-order valence-electron chi connectivity index (χ0n) is 23.3. The molecule has 0 bridgehead atoms. The Kier molecular flexibility index (Phi) is 7.45. The van der Waals surface area contributed by atoms with E-state index in [4.69, 9.17) is 9.47 Å². The third kappa shape index (κ3) is 5.24. The zero-order valence-corrected chi connectivity index (χ0v) is 24.1. The molecule has 0 saturated heterocycles. The molecule has 5 aromatic rings. The van der Waals surface area contributed by atoms with Gasteiger partial charge >= 0.3 is 0 Å². The van der Waals surface area contributed by atoms with Crippen LogP contribution in [0.15, 0.2) is 102 Å². The van der Waals surface area contributed by atoms with Gasteiger partial charge in [-0.15, -0.1) is 0 Å². The van der Waals surface area contributed by atoms with Crippen molar-refractivity contribution in [2.45, 2.75) is 23.9 Å². The van der Waals surface area contributed by atoms with Crippen LogP contribution in [0.5, 0.6) is 11.5 Å². The molecule has 0 fully saturated rings. The molecule has 2 N–H and O–H groups in total. The second kappa shape index (κ2) is 11.3. The summed E-state index contributed by atoms with van der Waals surface area (Å²) < 4.78 is 39.6. The van der Waals surface area contributed by atoms with E-state index in [1.807, 2.05) is 30.3 Å². The van der Waals surface area contributed by atoms with Crippen molar-refractivity contribution in [1.82, 2.24) is 14.6 Å². The van der Waals surface area contributed by atoms with Gasteiger partial charge < -0.3 is 14.5 Å². The lowest BCUT2D eigenvalue weighted by Gasteiger charge is -2.38. The van der Waals surface area contributed by atoms with Crippen LogP contribution in [0, 0.1) is 0 Å². The quantitative estimate of drug-likeness (QED) is 0.253. The molecule has 2 heterocycles. The average Bonchev–Trinajstić information content (AvgIpc) is 3.45. The first-order valence-corrected chi connectivity index (χ1v) is 15.1. The Morgan fingerprint density at radius 1 is 0.929 bits per heavy atom. The number of carbonyl (C=O) groups excluding carboxylic acids is 1. The largest absolute Gasteiger partial charge is 0.493 e. The molecule has 8 nitrogen and oxygen atoms in total. The third-order valence-electron chi connectivity index (χ3n) is 7.77. The van der Waals surface area contributed by atoms with E-state index in [-0.39, 0.29) is 16.5 Å². The minimum absolute atomic E-state index is 0.0198. The number of ether oxygens (including phenoxy) is 2. The van der Waals surface area contributed by atoms with Crippen LogP contribution < -0.4 is 14.2 Å². The molecular formula is C33H31N3O5S. The SMILES string of the molecule is COc1cc2c(cc1OC)C(c1ccccc1)N(Cc1ccc(S(=O)(=O)NC(=O)c3c[nH]c4ccccc34)cc1)CC2. The molecule has 1 aromatic heterocycles. The fourth-order valence-corrected chi connectivity index (χ4v) is 6.66. The van der Waals surface area contributed by atoms with Crippen LogP contribution in [0.1, 0.15) is 38.7 Å². The predicted molar refractivity (Wildman–Crippen MR) is 161 cm³/mol. The van der Waals surface area contributed by atoms with Crippen LogP contribution in [-0.4, -0.2) is 45.0 Å². The van der Waals surface area contributed by atoms with E-state index in [1.54, 1.807) is 50.6 Å². The van der Waals surface area contributed by atoms with Crippen LogP contribution in [0.2, 0.25) is 0 Å². The van der Waals surface area contributed by atoms with Crippen LogP contribution in [-0.2, 0) is 23.0 Å². The lowest BCUT2D eigenvalue weighted by Crippen LogP contribution is -2.35. The maximum atomic E-state index is 13.1. The number of methoxy groups -OCH3 is 2. The number of nitrogens with zero attached hydrogens (tertiary/aromatic N) is 1. The molecule has 1 aliphatic heterocycles. The monoisotopic (exact) mass is 581 g/mol. The van der Waals surface area contributed by atoms with Gasteiger partial charge in [-0.25, -0.2) is 13.1 Å². The summed E-state index contributed by atoms with van der Waals surface area (Å²) in [6, 6.07) is 28.4. The summed E-state index contributed by atoms with van der Waals surface area (Å²) in [5.74, 6) is 0.717. The summed E-state index contributed by atoms with van der Waals surface area (Å²) in [4.78, 5) is 18.3. The van der Waals surface area contributed by atoms with Crippen molar-refractivity contribution in [3.8, 4) is 11.5 Å². The van der Waals surface area contributed by atoms with E-state index >= 15 is 0 Å². The molecule has 1 unspecified atom stereocenters. The molecule has 0 radical (unpaired) electrons. The van der Waals surface area contributed by atoms with Crippen molar-refractivity contribution in [1.29, 1.82) is 0 Å². The Morgan fingerprint density at radius 2 is 1.62 bits per heavy atom. The number of sulfonamides is 1. The van der Waals surface area contributed by atoms with E-state index < -0.39 is 15.9 Å². The summed E-state index contributed by atoms with van der Waals surface area (Å²) in [7, 11) is -0.781. The Balaban J connectivity index is 1.24. The van der Waals surface area contributed by atoms with Gasteiger partial charge in [-0.05, 0) is 59.0 Å². The van der Waals surface area contributed by atoms with Crippen LogP contribution in [0.25, 0.3) is 10.9 Å². The number of para-hydroxylation sites is 1. The van der Waals surface area contributed by atoms with Crippen molar-refractivity contribution in [3.05, 3.63) is 125 Å². The average molecular weight is 582 g/mol. The molecule has 1 atom stereocenters. The summed E-state index contributed by atoms with van der Waals surface area (Å²) in [6.45, 7) is 1.41. The predicted octanol–water partition coefficient (Wildman–Crippen LogP) is 5.45. The molecule has 1 amide bonds. The summed E-state index contributed by atoms with van der Waals surface area (Å²) in [6.07, 6.45) is 2.36. The standard InChI is InChI=1S/C33H31N3O5S/c1-40-30-18-24-16-17-36(32(23-8-4-3-5-9-23)27(24)19-31(30)41-2)21-22-12-14-25(15-13-22)42(38,39)35-33(37)28-20-34-29-11-7-6-10-26(28)29/h3-15,18-20,32,34H,16-17,21H2,1-2H3,(H,35,37). The Morgan fingerprint density at radius 3 is 2.36 bits per heavy atom. The van der Waals surface area contributed by atoms with Gasteiger partial charge in [0.2, 0.25) is 0 Å². The lowest BCUT2D eigenvalue weighted by atomic mass is 9.87. The van der Waals surface area contributed by atoms with E-state index in [0.717, 1.165) is 35.2 Å². The first-order valence-electron chi connectivity index (χ1n) is 13.6. The number of amides is 1. The van der Waals surface area contributed by atoms with Gasteiger partial charge in [0.25, 0.3) is 15.9 Å². The minimum atomic E-state index is -4.06. The first kappa shape index (κ1) is 27.6. The number of fused-ring (bicyclic) bond motifs is 2. The number of carbonyl (C=O) groups is 1. The first-order chi connectivity index (χ1) is 20.4. The highest BCUT2D eigenvalue weighted by Gasteiger charge is 2.30. The van der Waals surface area contributed by atoms with Gasteiger partial charge in [0.15, 0.2) is 11.5 Å². The molecule has 0 saturated carbocycles. The van der Waals surface area contributed by atoms with Gasteiger partial charge in [0.1, 0.15) is 0 Å². The number of aromatic nitrogens is 1. The second-order valence-corrected chi connectivity index (χ2v) is 11.9. The summed E-state index contributed by atoms with van der Waals surface area (Å²) >= 11 is 0. The smallest absolute Gasteiger partial charge is 0.267 e. The minimum Gasteiger partial charge on any atom is -0.493 e. The van der Waals surface area contributed by atoms with E-state index in [2.05, 4.69) is 38.9 Å². The molecular weight excluding hydrogens is 550 g/mol. The lowest BCUT2D eigenvalue weighted by molar-refractivity contribution is 0.0983. The maximum Gasteiger partial charge on any atom is 0.267 e. The molecule has 214 valence electrons. The molecule has 6 rings (SSSR count). The topological polar surface area (TPSA) is 101 Å². The number of nitrogens with one attached hydrogen (secondary N) is 2. The number of benzene rings is 4. The highest BCUT2D eigenvalue weighted by atomic mass is 32.2.